The molecule has 0 amide bonds. The highest BCUT2D eigenvalue weighted by molar-refractivity contribution is 6.30. The molecule has 1 unspecified atom stereocenters. The number of ketones is 1. The molecule has 3 heteroatoms. The van der Waals surface area contributed by atoms with Crippen molar-refractivity contribution in [3.05, 3.63) is 0 Å². The van der Waals surface area contributed by atoms with Crippen LogP contribution >= 0.6 is 0 Å². The zero-order valence-corrected chi connectivity index (χ0v) is 7.85. The highest BCUT2D eigenvalue weighted by Gasteiger charge is 2.23. The van der Waals surface area contributed by atoms with Crippen LogP contribution in [0.1, 0.15) is 34.1 Å². The van der Waals surface area contributed by atoms with Crippen molar-refractivity contribution in [1.29, 1.82) is 0 Å². The Morgan fingerprint density at radius 1 is 1.64 bits per heavy atom. The van der Waals surface area contributed by atoms with Gasteiger partial charge in [-0.3, -0.25) is 4.79 Å². The molecule has 11 heavy (non-hydrogen) atoms. The summed E-state index contributed by atoms with van der Waals surface area (Å²) in [6.07, 6.45) is 0.763. The van der Waals surface area contributed by atoms with Crippen molar-refractivity contribution in [3.8, 4) is 0 Å². The average molecular weight is 156 g/mol. The van der Waals surface area contributed by atoms with Crippen LogP contribution in [0.3, 0.4) is 0 Å². The van der Waals surface area contributed by atoms with E-state index in [2.05, 4.69) is 0 Å². The third-order valence-electron chi connectivity index (χ3n) is 1.98. The van der Waals surface area contributed by atoms with Crippen molar-refractivity contribution in [3.63, 3.8) is 0 Å². The zero-order valence-electron chi connectivity index (χ0n) is 7.85. The van der Waals surface area contributed by atoms with Gasteiger partial charge in [-0.2, -0.15) is 0 Å². The first kappa shape index (κ1) is 10.7. The summed E-state index contributed by atoms with van der Waals surface area (Å²) in [5, 5.41) is 8.79. The molecule has 0 fully saturated rings. The molecule has 0 spiro atoms. The summed E-state index contributed by atoms with van der Waals surface area (Å²) in [5.74, 6) is 0.267. The molecular weight excluding hydrogens is 139 g/mol. The van der Waals surface area contributed by atoms with Crippen LogP contribution in [-0.4, -0.2) is 18.3 Å². The topological polar surface area (TPSA) is 37.3 Å². The van der Waals surface area contributed by atoms with Crippen LogP contribution in [0.4, 0.5) is 0 Å². The van der Waals surface area contributed by atoms with Gasteiger partial charge >= 0.3 is 0 Å². The van der Waals surface area contributed by atoms with Crippen molar-refractivity contribution < 1.29 is 9.82 Å². The van der Waals surface area contributed by atoms with Crippen molar-refractivity contribution in [2.75, 3.05) is 0 Å². The molecule has 64 valence electrons. The van der Waals surface area contributed by atoms with E-state index in [0.29, 0.717) is 0 Å². The molecular formula is C8H17BO2. The summed E-state index contributed by atoms with van der Waals surface area (Å²) in [6, 6.07) is 0. The van der Waals surface area contributed by atoms with Crippen LogP contribution < -0.4 is 0 Å². The smallest absolute Gasteiger partial charge is 0.276 e. The number of carbonyl (C=O) groups excluding carboxylic acids is 1. The van der Waals surface area contributed by atoms with Crippen LogP contribution in [0.2, 0.25) is 5.31 Å². The maximum Gasteiger partial charge on any atom is 0.276 e. The van der Waals surface area contributed by atoms with E-state index in [4.69, 9.17) is 5.02 Å². The van der Waals surface area contributed by atoms with Crippen molar-refractivity contribution >= 4 is 13.3 Å². The highest BCUT2D eigenvalue weighted by atomic mass is 16.2. The lowest BCUT2D eigenvalue weighted by Crippen LogP contribution is -2.19. The first-order valence-corrected chi connectivity index (χ1v) is 4.00. The summed E-state index contributed by atoms with van der Waals surface area (Å²) in [4.78, 5) is 10.9. The number of rotatable bonds is 4. The van der Waals surface area contributed by atoms with E-state index < -0.39 is 0 Å². The molecule has 0 aliphatic rings. The van der Waals surface area contributed by atoms with Gasteiger partial charge in [-0.1, -0.05) is 20.8 Å². The van der Waals surface area contributed by atoms with E-state index in [1.54, 1.807) is 6.92 Å². The minimum absolute atomic E-state index is 0.0668. The Balaban J connectivity index is 3.93. The van der Waals surface area contributed by atoms with E-state index in [-0.39, 0.29) is 24.5 Å². The Hall–Kier alpha value is -0.305. The molecule has 1 N–H and O–H groups in total. The Morgan fingerprint density at radius 2 is 2.09 bits per heavy atom. The van der Waals surface area contributed by atoms with Gasteiger partial charge in [0.25, 0.3) is 7.48 Å². The lowest BCUT2D eigenvalue weighted by atomic mass is 9.62. The molecule has 0 heterocycles. The first-order chi connectivity index (χ1) is 4.89. The van der Waals surface area contributed by atoms with E-state index in [1.807, 2.05) is 20.8 Å². The Bertz CT molecular complexity index is 143. The molecule has 0 saturated carbocycles. The number of hydrogen-bond donors (Lipinski definition) is 1. The fourth-order valence-corrected chi connectivity index (χ4v) is 1.04. The lowest BCUT2D eigenvalue weighted by molar-refractivity contribution is -0.120. The predicted molar refractivity (Wildman–Crippen MR) is 47.9 cm³/mol. The van der Waals surface area contributed by atoms with Crippen LogP contribution in [0.15, 0.2) is 0 Å². The van der Waals surface area contributed by atoms with Gasteiger partial charge in [0, 0.05) is 5.92 Å². The van der Waals surface area contributed by atoms with Gasteiger partial charge in [0.05, 0.1) is 0 Å². The summed E-state index contributed by atoms with van der Waals surface area (Å²) >= 11 is 0. The Labute approximate surface area is 69.3 Å². The quantitative estimate of drug-likeness (QED) is 0.619. The lowest BCUT2D eigenvalue weighted by Gasteiger charge is -2.22. The molecule has 0 aromatic heterocycles. The van der Waals surface area contributed by atoms with Gasteiger partial charge in [0.15, 0.2) is 0 Å². The summed E-state index contributed by atoms with van der Waals surface area (Å²) in [5.41, 5.74) is 0. The van der Waals surface area contributed by atoms with Gasteiger partial charge in [0.2, 0.25) is 0 Å². The van der Waals surface area contributed by atoms with Gasteiger partial charge in [-0.05, 0) is 18.7 Å². The van der Waals surface area contributed by atoms with Crippen LogP contribution in [0.25, 0.3) is 0 Å². The number of carbonyl (C=O) groups is 1. The standard InChI is InChI=1S/C8H17BO2/c1-6(7(2)10)5-8(3,4)9-11/h6,9,11H,5H2,1-4H3. The molecule has 0 radical (unpaired) electrons. The maximum absolute atomic E-state index is 10.9. The highest BCUT2D eigenvalue weighted by Crippen LogP contribution is 2.30. The second kappa shape index (κ2) is 3.91. The third kappa shape index (κ3) is 4.20. The minimum Gasteiger partial charge on any atom is -0.453 e. The molecule has 0 aliphatic heterocycles. The maximum atomic E-state index is 10.9. The third-order valence-corrected chi connectivity index (χ3v) is 1.98. The van der Waals surface area contributed by atoms with Crippen LogP contribution in [0, 0.1) is 5.92 Å². The molecule has 2 nitrogen and oxygen atoms in total. The van der Waals surface area contributed by atoms with Gasteiger partial charge in [0.1, 0.15) is 5.78 Å². The average Bonchev–Trinajstić information content (AvgIpc) is 1.87. The van der Waals surface area contributed by atoms with Crippen LogP contribution in [0.5, 0.6) is 0 Å². The predicted octanol–water partition coefficient (Wildman–Crippen LogP) is 1.14. The molecule has 1 atom stereocenters. The van der Waals surface area contributed by atoms with Crippen LogP contribution in [-0.2, 0) is 4.79 Å². The van der Waals surface area contributed by atoms with Gasteiger partial charge < -0.3 is 5.02 Å². The molecule has 0 aromatic rings. The Morgan fingerprint density at radius 3 is 2.36 bits per heavy atom. The largest absolute Gasteiger partial charge is 0.453 e. The van der Waals surface area contributed by atoms with E-state index in [0.717, 1.165) is 6.42 Å². The summed E-state index contributed by atoms with van der Waals surface area (Å²) in [7, 11) is 0.143. The Kier molecular flexibility index (Phi) is 3.80. The second-order valence-electron chi connectivity index (χ2n) is 4.04. The number of hydrogen-bond acceptors (Lipinski definition) is 2. The minimum atomic E-state index is -0.120. The SMILES string of the molecule is CC(=O)C(C)CC(C)(C)BO. The van der Waals surface area contributed by atoms with Crippen molar-refractivity contribution in [2.24, 2.45) is 5.92 Å². The zero-order chi connectivity index (χ0) is 9.07. The molecule has 0 saturated heterocycles. The summed E-state index contributed by atoms with van der Waals surface area (Å²) in [6.45, 7) is 7.43. The van der Waals surface area contributed by atoms with Crippen molar-refractivity contribution in [1.82, 2.24) is 0 Å². The van der Waals surface area contributed by atoms with Crippen molar-refractivity contribution in [2.45, 2.75) is 39.4 Å². The number of Topliss-reactive ketones (excluding diaryl/α,β-unsaturated/α-hetero) is 1. The molecule has 0 rings (SSSR count). The molecule has 0 bridgehead atoms. The second-order valence-corrected chi connectivity index (χ2v) is 4.04. The molecule has 0 aromatic carbocycles. The van der Waals surface area contributed by atoms with Gasteiger partial charge in [-0.25, -0.2) is 0 Å². The fraction of sp³-hybridized carbons (Fsp3) is 0.875. The summed E-state index contributed by atoms with van der Waals surface area (Å²) < 4.78 is 0. The van der Waals surface area contributed by atoms with E-state index in [9.17, 15) is 4.79 Å². The monoisotopic (exact) mass is 156 g/mol. The first-order valence-electron chi connectivity index (χ1n) is 4.00. The normalized spacial score (nSPS) is 14.3. The fourth-order valence-electron chi connectivity index (χ4n) is 1.04. The van der Waals surface area contributed by atoms with Gasteiger partial charge in [-0.15, -0.1) is 0 Å². The molecule has 0 aliphatic carbocycles. The van der Waals surface area contributed by atoms with E-state index >= 15 is 0 Å². The van der Waals surface area contributed by atoms with E-state index in [1.165, 1.54) is 0 Å².